The SMILES string of the molecule is CO[C@]1(C)OC(=O)[C@H](c2ccc3ccccc3c2)O[C@@]1(C)OC. The summed E-state index contributed by atoms with van der Waals surface area (Å²) in [7, 11) is 2.94. The highest BCUT2D eigenvalue weighted by molar-refractivity contribution is 5.85. The fraction of sp³-hybridized carbons (Fsp3) is 0.389. The highest BCUT2D eigenvalue weighted by Crippen LogP contribution is 2.42. The van der Waals surface area contributed by atoms with Crippen LogP contribution in [0.3, 0.4) is 0 Å². The summed E-state index contributed by atoms with van der Waals surface area (Å²) in [5, 5.41) is 2.12. The van der Waals surface area contributed by atoms with Gasteiger partial charge in [0.25, 0.3) is 5.79 Å². The van der Waals surface area contributed by atoms with Crippen molar-refractivity contribution >= 4 is 16.7 Å². The lowest BCUT2D eigenvalue weighted by atomic mass is 10.0. The normalized spacial score (nSPS) is 31.1. The number of rotatable bonds is 3. The molecule has 0 radical (unpaired) electrons. The number of carbonyl (C=O) groups excluding carboxylic acids is 1. The lowest BCUT2D eigenvalue weighted by Crippen LogP contribution is -2.62. The number of hydrogen-bond acceptors (Lipinski definition) is 5. The van der Waals surface area contributed by atoms with E-state index in [4.69, 9.17) is 18.9 Å². The molecule has 3 atom stereocenters. The zero-order valence-corrected chi connectivity index (χ0v) is 13.7. The van der Waals surface area contributed by atoms with E-state index >= 15 is 0 Å². The maximum Gasteiger partial charge on any atom is 0.342 e. The van der Waals surface area contributed by atoms with Crippen molar-refractivity contribution in [3.05, 3.63) is 48.0 Å². The number of esters is 1. The van der Waals surface area contributed by atoms with Crippen molar-refractivity contribution in [1.82, 2.24) is 0 Å². The Labute approximate surface area is 135 Å². The van der Waals surface area contributed by atoms with Gasteiger partial charge in [-0.05, 0) is 29.3 Å². The Kier molecular flexibility index (Phi) is 3.88. The topological polar surface area (TPSA) is 54.0 Å². The summed E-state index contributed by atoms with van der Waals surface area (Å²) in [6, 6.07) is 13.7. The van der Waals surface area contributed by atoms with Crippen LogP contribution in [0, 0.1) is 0 Å². The molecule has 0 unspecified atom stereocenters. The van der Waals surface area contributed by atoms with Gasteiger partial charge in [-0.15, -0.1) is 0 Å². The molecular formula is C18H20O5. The van der Waals surface area contributed by atoms with Crippen LogP contribution >= 0.6 is 0 Å². The monoisotopic (exact) mass is 316 g/mol. The molecule has 5 nitrogen and oxygen atoms in total. The predicted molar refractivity (Wildman–Crippen MR) is 84.7 cm³/mol. The van der Waals surface area contributed by atoms with Crippen LogP contribution in [-0.4, -0.2) is 31.8 Å². The van der Waals surface area contributed by atoms with E-state index in [1.807, 2.05) is 42.5 Å². The largest absolute Gasteiger partial charge is 0.425 e. The summed E-state index contributed by atoms with van der Waals surface area (Å²) in [5.74, 6) is -3.03. The van der Waals surface area contributed by atoms with Gasteiger partial charge in [-0.25, -0.2) is 4.79 Å². The third-order valence-corrected chi connectivity index (χ3v) is 4.53. The molecule has 1 heterocycles. The van der Waals surface area contributed by atoms with E-state index in [1.165, 1.54) is 14.2 Å². The van der Waals surface area contributed by atoms with Gasteiger partial charge in [0.2, 0.25) is 5.79 Å². The Morgan fingerprint density at radius 2 is 1.61 bits per heavy atom. The molecule has 2 aromatic rings. The zero-order valence-electron chi connectivity index (χ0n) is 13.7. The summed E-state index contributed by atoms with van der Waals surface area (Å²) in [4.78, 5) is 12.4. The lowest BCUT2D eigenvalue weighted by molar-refractivity contribution is -0.407. The molecule has 1 fully saturated rings. The summed E-state index contributed by atoms with van der Waals surface area (Å²) in [6.07, 6.45) is -0.868. The first-order valence-corrected chi connectivity index (χ1v) is 7.42. The van der Waals surface area contributed by atoms with Crippen molar-refractivity contribution < 1.29 is 23.7 Å². The summed E-state index contributed by atoms with van der Waals surface area (Å²) in [5.41, 5.74) is 0.718. The molecule has 3 rings (SSSR count). The van der Waals surface area contributed by atoms with Crippen LogP contribution in [0.15, 0.2) is 42.5 Å². The molecule has 0 saturated carbocycles. The maximum atomic E-state index is 12.4. The van der Waals surface area contributed by atoms with Crippen LogP contribution < -0.4 is 0 Å². The van der Waals surface area contributed by atoms with Crippen LogP contribution in [0.2, 0.25) is 0 Å². The molecule has 5 heteroatoms. The minimum Gasteiger partial charge on any atom is -0.425 e. The predicted octanol–water partition coefficient (Wildman–Crippen LogP) is 3.18. The van der Waals surface area contributed by atoms with Gasteiger partial charge in [-0.2, -0.15) is 0 Å². The molecule has 122 valence electrons. The maximum absolute atomic E-state index is 12.4. The molecule has 23 heavy (non-hydrogen) atoms. The number of hydrogen-bond donors (Lipinski definition) is 0. The van der Waals surface area contributed by atoms with Crippen molar-refractivity contribution in [2.24, 2.45) is 0 Å². The minimum absolute atomic E-state index is 0.501. The third kappa shape index (κ3) is 2.51. The van der Waals surface area contributed by atoms with Gasteiger partial charge < -0.3 is 18.9 Å². The van der Waals surface area contributed by atoms with E-state index in [9.17, 15) is 4.79 Å². The second-order valence-corrected chi connectivity index (χ2v) is 5.83. The van der Waals surface area contributed by atoms with Gasteiger partial charge >= 0.3 is 5.97 Å². The van der Waals surface area contributed by atoms with E-state index in [2.05, 4.69) is 0 Å². The van der Waals surface area contributed by atoms with Crippen molar-refractivity contribution in [2.75, 3.05) is 14.2 Å². The molecule has 1 aliphatic heterocycles. The molecule has 1 aliphatic rings. The van der Waals surface area contributed by atoms with E-state index in [0.29, 0.717) is 0 Å². The average Bonchev–Trinajstić information content (AvgIpc) is 2.57. The molecular weight excluding hydrogens is 296 g/mol. The van der Waals surface area contributed by atoms with Gasteiger partial charge in [0.15, 0.2) is 6.10 Å². The van der Waals surface area contributed by atoms with Gasteiger partial charge in [0.05, 0.1) is 0 Å². The molecule has 0 bridgehead atoms. The summed E-state index contributed by atoms with van der Waals surface area (Å²) >= 11 is 0. The summed E-state index contributed by atoms with van der Waals surface area (Å²) in [6.45, 7) is 3.31. The highest BCUT2D eigenvalue weighted by Gasteiger charge is 2.57. The molecule has 0 N–H and O–H groups in total. The van der Waals surface area contributed by atoms with Gasteiger partial charge in [0, 0.05) is 21.1 Å². The quantitative estimate of drug-likeness (QED) is 0.814. The Morgan fingerprint density at radius 3 is 2.26 bits per heavy atom. The zero-order chi connectivity index (χ0) is 16.7. The van der Waals surface area contributed by atoms with Gasteiger partial charge in [0.1, 0.15) is 0 Å². The second kappa shape index (κ2) is 5.60. The third-order valence-electron chi connectivity index (χ3n) is 4.53. The molecule has 1 saturated heterocycles. The number of carbonyl (C=O) groups is 1. The Balaban J connectivity index is 2.00. The van der Waals surface area contributed by atoms with Gasteiger partial charge in [-0.3, -0.25) is 0 Å². The molecule has 0 amide bonds. The Bertz CT molecular complexity index is 743. The van der Waals surface area contributed by atoms with Crippen molar-refractivity contribution in [1.29, 1.82) is 0 Å². The number of methoxy groups -OCH3 is 2. The Hall–Kier alpha value is -1.95. The number of benzene rings is 2. The van der Waals surface area contributed by atoms with E-state index < -0.39 is 23.6 Å². The first-order chi connectivity index (χ1) is 10.9. The molecule has 0 aliphatic carbocycles. The van der Waals surface area contributed by atoms with Crippen molar-refractivity contribution in [3.63, 3.8) is 0 Å². The first kappa shape index (κ1) is 15.9. The fourth-order valence-electron chi connectivity index (χ4n) is 2.75. The molecule has 0 spiro atoms. The molecule has 2 aromatic carbocycles. The lowest BCUT2D eigenvalue weighted by Gasteiger charge is -2.47. The van der Waals surface area contributed by atoms with E-state index in [0.717, 1.165) is 16.3 Å². The average molecular weight is 316 g/mol. The molecule has 0 aromatic heterocycles. The van der Waals surface area contributed by atoms with Gasteiger partial charge in [-0.1, -0.05) is 36.4 Å². The van der Waals surface area contributed by atoms with Crippen molar-refractivity contribution in [3.8, 4) is 0 Å². The smallest absolute Gasteiger partial charge is 0.342 e. The van der Waals surface area contributed by atoms with Crippen LogP contribution in [0.4, 0.5) is 0 Å². The van der Waals surface area contributed by atoms with Crippen LogP contribution in [-0.2, 0) is 23.7 Å². The van der Waals surface area contributed by atoms with Crippen LogP contribution in [0.1, 0.15) is 25.5 Å². The van der Waals surface area contributed by atoms with Crippen molar-refractivity contribution in [2.45, 2.75) is 31.5 Å². The Morgan fingerprint density at radius 1 is 0.957 bits per heavy atom. The first-order valence-electron chi connectivity index (χ1n) is 7.42. The number of fused-ring (bicyclic) bond motifs is 1. The van der Waals surface area contributed by atoms with E-state index in [-0.39, 0.29) is 0 Å². The number of ether oxygens (including phenoxy) is 4. The highest BCUT2D eigenvalue weighted by atomic mass is 16.8. The minimum atomic E-state index is -1.31. The standard InChI is InChI=1S/C18H20O5/c1-17(20-3)18(2,21-4)23-16(19)15(22-17)14-10-9-12-7-5-6-8-13(12)11-14/h5-11,15H,1-4H3/t15-,17+,18+/m0/s1. The van der Waals surface area contributed by atoms with Crippen LogP contribution in [0.25, 0.3) is 10.8 Å². The van der Waals surface area contributed by atoms with E-state index in [1.54, 1.807) is 13.8 Å². The second-order valence-electron chi connectivity index (χ2n) is 5.83. The number of cyclic esters (lactones) is 1. The fourth-order valence-corrected chi connectivity index (χ4v) is 2.75. The summed E-state index contributed by atoms with van der Waals surface area (Å²) < 4.78 is 22.2. The van der Waals surface area contributed by atoms with Crippen LogP contribution in [0.5, 0.6) is 0 Å².